The molecule has 4 nitrogen and oxygen atoms in total. The molecule has 2 rings (SSSR count). The predicted octanol–water partition coefficient (Wildman–Crippen LogP) is 1.94. The van der Waals surface area contributed by atoms with Crippen LogP contribution in [0.4, 0.5) is 0 Å². The lowest BCUT2D eigenvalue weighted by atomic mass is 10.2. The predicted molar refractivity (Wildman–Crippen MR) is 80.4 cm³/mol. The molecule has 0 radical (unpaired) electrons. The van der Waals surface area contributed by atoms with Crippen LogP contribution in [0.5, 0.6) is 0 Å². The van der Waals surface area contributed by atoms with Gasteiger partial charge in [-0.2, -0.15) is 0 Å². The van der Waals surface area contributed by atoms with Gasteiger partial charge in [0.05, 0.1) is 28.7 Å². The summed E-state index contributed by atoms with van der Waals surface area (Å²) >= 11 is 1.44. The molecule has 0 saturated heterocycles. The van der Waals surface area contributed by atoms with Crippen molar-refractivity contribution in [2.75, 3.05) is 6.54 Å². The zero-order valence-corrected chi connectivity index (χ0v) is 11.9. The Labute approximate surface area is 122 Å². The fourth-order valence-corrected chi connectivity index (χ4v) is 2.40. The standard InChI is InChI=1S/C15H15N3OS/c1-11(14-6-2-3-8-17-14)18-15(19)12-9-13(20-10-12)5-4-7-16/h2-3,6,8-11H,7,16H2,1H3,(H,18,19). The van der Waals surface area contributed by atoms with Crippen molar-refractivity contribution in [1.29, 1.82) is 0 Å². The average Bonchev–Trinajstić information content (AvgIpc) is 2.95. The molecule has 0 aliphatic carbocycles. The summed E-state index contributed by atoms with van der Waals surface area (Å²) in [6, 6.07) is 7.27. The summed E-state index contributed by atoms with van der Waals surface area (Å²) in [4.78, 5) is 17.2. The molecule has 0 aliphatic heterocycles. The number of amides is 1. The van der Waals surface area contributed by atoms with E-state index < -0.39 is 0 Å². The monoisotopic (exact) mass is 285 g/mol. The molecule has 20 heavy (non-hydrogen) atoms. The summed E-state index contributed by atoms with van der Waals surface area (Å²) in [5, 5.41) is 4.71. The number of carbonyl (C=O) groups is 1. The molecule has 2 aromatic rings. The highest BCUT2D eigenvalue weighted by atomic mass is 32.1. The van der Waals surface area contributed by atoms with Gasteiger partial charge in [0, 0.05) is 11.6 Å². The molecule has 0 spiro atoms. The molecule has 5 heteroatoms. The summed E-state index contributed by atoms with van der Waals surface area (Å²) in [7, 11) is 0. The van der Waals surface area contributed by atoms with Gasteiger partial charge in [-0.3, -0.25) is 9.78 Å². The normalized spacial score (nSPS) is 11.3. The third kappa shape index (κ3) is 3.67. The van der Waals surface area contributed by atoms with Crippen molar-refractivity contribution in [1.82, 2.24) is 10.3 Å². The Hall–Kier alpha value is -2.16. The van der Waals surface area contributed by atoms with Gasteiger partial charge in [-0.05, 0) is 25.1 Å². The minimum absolute atomic E-state index is 0.125. The SMILES string of the molecule is CC(NC(=O)c1csc(C#CCN)c1)c1ccccn1. The van der Waals surface area contributed by atoms with Gasteiger partial charge >= 0.3 is 0 Å². The van der Waals surface area contributed by atoms with Gasteiger partial charge in [-0.1, -0.05) is 17.9 Å². The maximum absolute atomic E-state index is 12.1. The van der Waals surface area contributed by atoms with E-state index in [2.05, 4.69) is 22.1 Å². The molecule has 2 heterocycles. The highest BCUT2D eigenvalue weighted by Crippen LogP contribution is 2.15. The van der Waals surface area contributed by atoms with Gasteiger partial charge in [-0.25, -0.2) is 0 Å². The van der Waals surface area contributed by atoms with E-state index in [1.807, 2.05) is 25.1 Å². The minimum atomic E-state index is -0.137. The van der Waals surface area contributed by atoms with Crippen LogP contribution in [0, 0.1) is 11.8 Å². The first kappa shape index (κ1) is 14.3. The molecule has 1 atom stereocenters. The lowest BCUT2D eigenvalue weighted by Gasteiger charge is -2.12. The molecule has 102 valence electrons. The third-order valence-corrected chi connectivity index (χ3v) is 3.50. The van der Waals surface area contributed by atoms with Crippen molar-refractivity contribution in [3.63, 3.8) is 0 Å². The van der Waals surface area contributed by atoms with Crippen molar-refractivity contribution in [2.24, 2.45) is 5.73 Å². The summed E-state index contributed by atoms with van der Waals surface area (Å²) in [5.41, 5.74) is 6.76. The highest BCUT2D eigenvalue weighted by Gasteiger charge is 2.13. The van der Waals surface area contributed by atoms with Gasteiger partial charge in [-0.15, -0.1) is 11.3 Å². The number of nitrogens with two attached hydrogens (primary N) is 1. The Bertz CT molecular complexity index is 640. The maximum atomic E-state index is 12.1. The van der Waals surface area contributed by atoms with Gasteiger partial charge in [0.1, 0.15) is 0 Å². The van der Waals surface area contributed by atoms with Crippen molar-refractivity contribution in [3.8, 4) is 11.8 Å². The molecule has 1 unspecified atom stereocenters. The highest BCUT2D eigenvalue weighted by molar-refractivity contribution is 7.10. The quantitative estimate of drug-likeness (QED) is 0.847. The molecular weight excluding hydrogens is 270 g/mol. The van der Waals surface area contributed by atoms with Crippen LogP contribution < -0.4 is 11.1 Å². The second-order valence-electron chi connectivity index (χ2n) is 4.16. The summed E-state index contributed by atoms with van der Waals surface area (Å²) < 4.78 is 0. The maximum Gasteiger partial charge on any atom is 0.252 e. The van der Waals surface area contributed by atoms with E-state index in [0.29, 0.717) is 12.1 Å². The largest absolute Gasteiger partial charge is 0.344 e. The number of hydrogen-bond donors (Lipinski definition) is 2. The Kier molecular flexibility index (Phi) is 4.88. The first-order valence-electron chi connectivity index (χ1n) is 6.20. The van der Waals surface area contributed by atoms with E-state index in [9.17, 15) is 4.79 Å². The smallest absolute Gasteiger partial charge is 0.252 e. The first-order chi connectivity index (χ1) is 9.70. The Morgan fingerprint density at radius 2 is 2.40 bits per heavy atom. The average molecular weight is 285 g/mol. The Morgan fingerprint density at radius 1 is 1.55 bits per heavy atom. The lowest BCUT2D eigenvalue weighted by molar-refractivity contribution is 0.0939. The Morgan fingerprint density at radius 3 is 3.10 bits per heavy atom. The molecule has 0 fully saturated rings. The zero-order chi connectivity index (χ0) is 14.4. The molecule has 0 saturated carbocycles. The van der Waals surface area contributed by atoms with E-state index in [1.54, 1.807) is 17.6 Å². The van der Waals surface area contributed by atoms with Crippen LogP contribution in [-0.4, -0.2) is 17.4 Å². The van der Waals surface area contributed by atoms with E-state index in [-0.39, 0.29) is 11.9 Å². The van der Waals surface area contributed by atoms with Crippen LogP contribution in [0.25, 0.3) is 0 Å². The fraction of sp³-hybridized carbons (Fsp3) is 0.200. The number of thiophene rings is 1. The van der Waals surface area contributed by atoms with E-state index in [4.69, 9.17) is 5.73 Å². The van der Waals surface area contributed by atoms with E-state index in [1.165, 1.54) is 11.3 Å². The van der Waals surface area contributed by atoms with Crippen molar-refractivity contribution >= 4 is 17.2 Å². The molecule has 2 aromatic heterocycles. The fourth-order valence-electron chi connectivity index (χ4n) is 1.65. The number of nitrogens with one attached hydrogen (secondary N) is 1. The van der Waals surface area contributed by atoms with E-state index in [0.717, 1.165) is 10.6 Å². The molecule has 0 bridgehead atoms. The van der Waals surface area contributed by atoms with Gasteiger partial charge in [0.15, 0.2) is 0 Å². The summed E-state index contributed by atoms with van der Waals surface area (Å²) in [5.74, 6) is 5.56. The minimum Gasteiger partial charge on any atom is -0.344 e. The number of rotatable bonds is 3. The van der Waals surface area contributed by atoms with Crippen LogP contribution in [-0.2, 0) is 0 Å². The first-order valence-corrected chi connectivity index (χ1v) is 7.08. The number of hydrogen-bond acceptors (Lipinski definition) is 4. The van der Waals surface area contributed by atoms with Crippen LogP contribution in [0.1, 0.15) is 33.9 Å². The summed E-state index contributed by atoms with van der Waals surface area (Å²) in [6.45, 7) is 2.22. The number of pyridine rings is 1. The van der Waals surface area contributed by atoms with Crippen LogP contribution in [0.3, 0.4) is 0 Å². The third-order valence-electron chi connectivity index (χ3n) is 2.65. The number of carbonyl (C=O) groups excluding carboxylic acids is 1. The topological polar surface area (TPSA) is 68.0 Å². The van der Waals surface area contributed by atoms with Crippen molar-refractivity contribution < 1.29 is 4.79 Å². The van der Waals surface area contributed by atoms with Crippen LogP contribution in [0.2, 0.25) is 0 Å². The van der Waals surface area contributed by atoms with Crippen molar-refractivity contribution in [3.05, 3.63) is 52.0 Å². The van der Waals surface area contributed by atoms with Gasteiger partial charge in [0.25, 0.3) is 5.91 Å². The van der Waals surface area contributed by atoms with Gasteiger partial charge in [0.2, 0.25) is 0 Å². The van der Waals surface area contributed by atoms with Crippen LogP contribution >= 0.6 is 11.3 Å². The molecule has 0 aromatic carbocycles. The lowest BCUT2D eigenvalue weighted by Crippen LogP contribution is -2.26. The molecule has 3 N–H and O–H groups in total. The second-order valence-corrected chi connectivity index (χ2v) is 5.07. The summed E-state index contributed by atoms with van der Waals surface area (Å²) in [6.07, 6.45) is 1.71. The molecule has 0 aliphatic rings. The van der Waals surface area contributed by atoms with E-state index >= 15 is 0 Å². The van der Waals surface area contributed by atoms with Crippen LogP contribution in [0.15, 0.2) is 35.8 Å². The second kappa shape index (κ2) is 6.85. The zero-order valence-electron chi connectivity index (χ0n) is 11.1. The van der Waals surface area contributed by atoms with Gasteiger partial charge < -0.3 is 11.1 Å². The number of aromatic nitrogens is 1. The molecular formula is C15H15N3OS. The molecule has 1 amide bonds. The number of nitrogens with zero attached hydrogens (tertiary/aromatic N) is 1. The van der Waals surface area contributed by atoms with Crippen molar-refractivity contribution in [2.45, 2.75) is 13.0 Å². The Balaban J connectivity index is 2.03.